The average molecular weight is 420 g/mol. The number of hydrogen-bond donors (Lipinski definition) is 1. The van der Waals surface area contributed by atoms with Crippen LogP contribution < -0.4 is 20.2 Å². The van der Waals surface area contributed by atoms with Crippen molar-refractivity contribution in [3.63, 3.8) is 0 Å². The van der Waals surface area contributed by atoms with Gasteiger partial charge in [0.1, 0.15) is 5.00 Å². The molecule has 0 aromatic carbocycles. The fourth-order valence-corrected chi connectivity index (χ4v) is 4.31. The number of aromatic nitrogens is 3. The zero-order valence-electron chi connectivity index (χ0n) is 16.8. The molecule has 5 heterocycles. The quantitative estimate of drug-likeness (QED) is 0.819. The van der Waals surface area contributed by atoms with Crippen LogP contribution in [0.25, 0.3) is 0 Å². The number of fused-ring (bicyclic) bond motifs is 1. The van der Waals surface area contributed by atoms with Gasteiger partial charge in [-0.15, -0.1) is 10.2 Å². The van der Waals surface area contributed by atoms with Crippen molar-refractivity contribution in [2.75, 3.05) is 34.4 Å². The van der Waals surface area contributed by atoms with Gasteiger partial charge < -0.3 is 4.90 Å². The molecule has 156 valence electrons. The molecule has 2 unspecified atom stereocenters. The summed E-state index contributed by atoms with van der Waals surface area (Å²) in [5.74, 6) is 2.33. The Morgan fingerprint density at radius 3 is 2.48 bits per heavy atom. The Kier molecular flexibility index (Phi) is 6.43. The van der Waals surface area contributed by atoms with Gasteiger partial charge in [0.2, 0.25) is 0 Å². The zero-order valence-corrected chi connectivity index (χ0v) is 17.6. The first-order chi connectivity index (χ1) is 13.7. The van der Waals surface area contributed by atoms with E-state index in [0.29, 0.717) is 18.3 Å². The van der Waals surface area contributed by atoms with Crippen LogP contribution in [0.5, 0.6) is 0 Å². The Morgan fingerprint density at radius 2 is 1.90 bits per heavy atom. The summed E-state index contributed by atoms with van der Waals surface area (Å²) >= 11 is 1.33. The third kappa shape index (κ3) is 3.95. The minimum Gasteiger partial charge on any atom is -0.355 e. The highest BCUT2D eigenvalue weighted by Crippen LogP contribution is 2.31. The highest BCUT2D eigenvalue weighted by molar-refractivity contribution is 7.10. The molecular formula is C19H26FN7OS. The van der Waals surface area contributed by atoms with E-state index in [1.807, 2.05) is 38.2 Å². The Bertz CT molecular complexity index is 858. The van der Waals surface area contributed by atoms with E-state index in [1.54, 1.807) is 16.1 Å². The molecular weight excluding hydrogens is 393 g/mol. The van der Waals surface area contributed by atoms with Gasteiger partial charge in [-0.3, -0.25) is 19.4 Å². The molecule has 1 N–H and O–H groups in total. The number of nitrogens with zero attached hydrogens (tertiary/aromatic N) is 6. The molecule has 2 aromatic heterocycles. The van der Waals surface area contributed by atoms with E-state index in [-0.39, 0.29) is 16.7 Å². The number of nitrogens with one attached hydrogen (secondary N) is 1. The van der Waals surface area contributed by atoms with Crippen LogP contribution in [0.2, 0.25) is 0 Å². The van der Waals surface area contributed by atoms with Crippen molar-refractivity contribution in [1.29, 1.82) is 0 Å². The van der Waals surface area contributed by atoms with Crippen LogP contribution in [0.4, 0.5) is 21.3 Å². The van der Waals surface area contributed by atoms with Crippen LogP contribution in [0.3, 0.4) is 0 Å². The summed E-state index contributed by atoms with van der Waals surface area (Å²) in [6.07, 6.45) is 4.74. The molecule has 3 aliphatic heterocycles. The third-order valence-corrected chi connectivity index (χ3v) is 5.89. The molecule has 2 saturated heterocycles. The van der Waals surface area contributed by atoms with Gasteiger partial charge in [0.05, 0.1) is 11.6 Å². The van der Waals surface area contributed by atoms with Crippen molar-refractivity contribution in [3.05, 3.63) is 36.2 Å². The minimum absolute atomic E-state index is 0. The minimum atomic E-state index is -0.0366. The lowest BCUT2D eigenvalue weighted by atomic mass is 10.2. The number of carbonyl (C=O) groups is 1. The van der Waals surface area contributed by atoms with Crippen molar-refractivity contribution in [1.82, 2.24) is 20.0 Å². The number of amides is 1. The van der Waals surface area contributed by atoms with Gasteiger partial charge in [0.15, 0.2) is 11.6 Å². The van der Waals surface area contributed by atoms with Crippen molar-refractivity contribution in [2.45, 2.75) is 33.2 Å². The molecule has 2 aromatic rings. The first kappa shape index (κ1) is 21.1. The van der Waals surface area contributed by atoms with Gasteiger partial charge in [-0.25, -0.2) is 5.43 Å². The highest BCUT2D eigenvalue weighted by Gasteiger charge is 2.41. The molecule has 10 heteroatoms. The summed E-state index contributed by atoms with van der Waals surface area (Å²) in [5.41, 5.74) is 4.08. The number of hydrogen-bond acceptors (Lipinski definition) is 8. The number of rotatable bonds is 3. The molecule has 0 spiro atoms. The smallest absolute Gasteiger partial charge is 0.258 e. The maximum Gasteiger partial charge on any atom is 0.258 e. The lowest BCUT2D eigenvalue weighted by Crippen LogP contribution is -2.39. The predicted molar refractivity (Wildman–Crippen MR) is 114 cm³/mol. The largest absolute Gasteiger partial charge is 0.355 e. The van der Waals surface area contributed by atoms with Crippen LogP contribution in [0.1, 0.15) is 27.2 Å². The second kappa shape index (κ2) is 8.83. The number of anilines is 3. The van der Waals surface area contributed by atoms with Gasteiger partial charge in [-0.1, -0.05) is 20.8 Å². The van der Waals surface area contributed by atoms with Crippen LogP contribution in [-0.4, -0.2) is 46.2 Å². The molecule has 29 heavy (non-hydrogen) atoms. The van der Waals surface area contributed by atoms with Gasteiger partial charge in [0, 0.05) is 32.0 Å². The second-order valence-corrected chi connectivity index (χ2v) is 7.80. The van der Waals surface area contributed by atoms with E-state index in [2.05, 4.69) is 31.8 Å². The molecule has 0 bridgehead atoms. The van der Waals surface area contributed by atoms with E-state index in [0.717, 1.165) is 29.5 Å². The Morgan fingerprint density at radius 1 is 1.14 bits per heavy atom. The third-order valence-electron chi connectivity index (χ3n) is 5.12. The van der Waals surface area contributed by atoms with Crippen LogP contribution in [-0.2, 0) is 4.79 Å². The molecule has 2 atom stereocenters. The standard InChI is InChI=1S/C17H19N7OS.C2H6.FH/c1-11-5-7-22(8-11)14-2-3-15(20-19-14)24-9-12-13(21-24)10-23(17(12)25)16-4-6-18-26-16;1-2;/h2-4,6,9,11,13,21H,5,7-8,10H2,1H3;1-2H3;1H. The van der Waals surface area contributed by atoms with E-state index in [4.69, 9.17) is 0 Å². The average Bonchev–Trinajstić information content (AvgIpc) is 3.50. The van der Waals surface area contributed by atoms with Crippen molar-refractivity contribution < 1.29 is 9.50 Å². The maximum absolute atomic E-state index is 12.6. The number of carbonyl (C=O) groups excluding carboxylic acids is 1. The van der Waals surface area contributed by atoms with E-state index in [9.17, 15) is 4.79 Å². The first-order valence-electron chi connectivity index (χ1n) is 9.77. The van der Waals surface area contributed by atoms with Gasteiger partial charge in [-0.05, 0) is 42.1 Å². The van der Waals surface area contributed by atoms with Gasteiger partial charge in [0.25, 0.3) is 5.91 Å². The summed E-state index contributed by atoms with van der Waals surface area (Å²) in [6.45, 7) is 8.92. The lowest BCUT2D eigenvalue weighted by Gasteiger charge is -2.21. The molecule has 0 aliphatic carbocycles. The normalized spacial score (nSPS) is 22.8. The highest BCUT2D eigenvalue weighted by atomic mass is 32.1. The van der Waals surface area contributed by atoms with Crippen LogP contribution in [0.15, 0.2) is 36.2 Å². The monoisotopic (exact) mass is 419 g/mol. The van der Waals surface area contributed by atoms with Crippen LogP contribution >= 0.6 is 11.5 Å². The van der Waals surface area contributed by atoms with E-state index >= 15 is 0 Å². The van der Waals surface area contributed by atoms with Gasteiger partial charge >= 0.3 is 0 Å². The maximum atomic E-state index is 12.6. The van der Waals surface area contributed by atoms with Crippen molar-refractivity contribution in [3.8, 4) is 0 Å². The molecule has 0 radical (unpaired) electrons. The molecule has 3 aliphatic rings. The summed E-state index contributed by atoms with van der Waals surface area (Å²) in [7, 11) is 0. The Labute approximate surface area is 173 Å². The predicted octanol–water partition coefficient (Wildman–Crippen LogP) is 2.58. The van der Waals surface area contributed by atoms with Crippen molar-refractivity contribution >= 4 is 34.1 Å². The SMILES string of the molecule is CC.CC1CCN(c2ccc(N3C=C4C(=O)N(c5ccns5)CC4N3)nn2)C1.F. The zero-order chi connectivity index (χ0) is 19.7. The second-order valence-electron chi connectivity index (χ2n) is 6.99. The lowest BCUT2D eigenvalue weighted by molar-refractivity contribution is -0.114. The van der Waals surface area contributed by atoms with E-state index in [1.165, 1.54) is 18.0 Å². The molecule has 8 nitrogen and oxygen atoms in total. The summed E-state index contributed by atoms with van der Waals surface area (Å²) in [4.78, 5) is 16.7. The number of hydrazine groups is 1. The number of halogens is 1. The van der Waals surface area contributed by atoms with Gasteiger partial charge in [-0.2, -0.15) is 4.37 Å². The summed E-state index contributed by atoms with van der Waals surface area (Å²) < 4.78 is 4.08. The fraction of sp³-hybridized carbons (Fsp3) is 0.474. The molecule has 2 fully saturated rings. The van der Waals surface area contributed by atoms with E-state index < -0.39 is 0 Å². The van der Waals surface area contributed by atoms with Crippen LogP contribution in [0, 0.1) is 5.92 Å². The topological polar surface area (TPSA) is 77.5 Å². The summed E-state index contributed by atoms with van der Waals surface area (Å²) in [6, 6.07) is 5.78. The Hall–Kier alpha value is -2.59. The fourth-order valence-electron chi connectivity index (χ4n) is 3.70. The van der Waals surface area contributed by atoms with Crippen molar-refractivity contribution in [2.24, 2.45) is 5.92 Å². The first-order valence-corrected chi connectivity index (χ1v) is 10.5. The molecule has 0 saturated carbocycles. The summed E-state index contributed by atoms with van der Waals surface area (Å²) in [5, 5.41) is 11.4. The molecule has 5 rings (SSSR count). The molecule has 1 amide bonds. The Balaban J connectivity index is 0.000000778.